The molecule has 0 heterocycles. The lowest BCUT2D eigenvalue weighted by molar-refractivity contribution is 0.304. The van der Waals surface area contributed by atoms with Gasteiger partial charge < -0.3 is 21.9 Å². The van der Waals surface area contributed by atoms with Crippen LogP contribution in [-0.2, 0) is 6.54 Å². The molecule has 7 heteroatoms. The van der Waals surface area contributed by atoms with Crippen molar-refractivity contribution < 1.29 is 4.74 Å². The van der Waals surface area contributed by atoms with E-state index in [1.54, 1.807) is 0 Å². The molecule has 0 aliphatic carbocycles. The van der Waals surface area contributed by atoms with Crippen molar-refractivity contribution in [2.75, 3.05) is 6.61 Å². The zero-order chi connectivity index (χ0) is 18.7. The first-order valence-corrected chi connectivity index (χ1v) is 9.07. The number of nitrogens with zero attached hydrogens (tertiary/aromatic N) is 2. The Bertz CT molecular complexity index is 583. The van der Waals surface area contributed by atoms with E-state index in [-0.39, 0.29) is 11.9 Å². The summed E-state index contributed by atoms with van der Waals surface area (Å²) in [6.45, 7) is 5.54. The molecule has 0 aliphatic heterocycles. The summed E-state index contributed by atoms with van der Waals surface area (Å²) >= 11 is 6.25. The number of rotatable bonds is 10. The number of hydrogen-bond acceptors (Lipinski definition) is 2. The Hall–Kier alpha value is -1.95. The highest BCUT2D eigenvalue weighted by Crippen LogP contribution is 2.26. The van der Waals surface area contributed by atoms with E-state index >= 15 is 0 Å². The average molecular weight is 368 g/mol. The minimum atomic E-state index is -0.118. The van der Waals surface area contributed by atoms with E-state index < -0.39 is 0 Å². The fraction of sp³-hybridized carbons (Fsp3) is 0.556. The lowest BCUT2D eigenvalue weighted by atomic mass is 10.0. The highest BCUT2D eigenvalue weighted by atomic mass is 35.5. The second kappa shape index (κ2) is 11.6. The summed E-state index contributed by atoms with van der Waals surface area (Å²) in [5.74, 6) is 1.39. The molecular weight excluding hydrogens is 338 g/mol. The molecule has 0 saturated carbocycles. The molecule has 140 valence electrons. The summed E-state index contributed by atoms with van der Waals surface area (Å²) in [6, 6.07) is 5.56. The van der Waals surface area contributed by atoms with Gasteiger partial charge in [0.1, 0.15) is 5.75 Å². The Morgan fingerprint density at radius 2 is 1.84 bits per heavy atom. The molecule has 0 fully saturated rings. The number of hydrogen-bond donors (Lipinski definition) is 3. The molecule has 0 radical (unpaired) electrons. The van der Waals surface area contributed by atoms with Crippen molar-refractivity contribution in [1.82, 2.24) is 0 Å². The summed E-state index contributed by atoms with van der Waals surface area (Å²) in [6.07, 6.45) is 6.06. The lowest BCUT2D eigenvalue weighted by Crippen LogP contribution is -2.26. The molecule has 0 bridgehead atoms. The minimum absolute atomic E-state index is 0.0360. The standard InChI is InChI=1S/C18H30ClN5O/c1-13(2)7-5-3-4-6-10-25-16-9-8-14(11-15(16)19)12-23-18(22)24-17(20)21/h8-9,11,13H,3-7,10,12H2,1-2H3,(H6,20,21,22,23,24). The van der Waals surface area contributed by atoms with Crippen LogP contribution in [0.1, 0.15) is 51.5 Å². The predicted octanol–water partition coefficient (Wildman–Crippen LogP) is 3.41. The molecule has 0 spiro atoms. The first-order chi connectivity index (χ1) is 11.9. The summed E-state index contributed by atoms with van der Waals surface area (Å²) in [7, 11) is 0. The molecule has 0 saturated heterocycles. The highest BCUT2D eigenvalue weighted by Gasteiger charge is 2.04. The van der Waals surface area contributed by atoms with Crippen molar-refractivity contribution in [1.29, 1.82) is 0 Å². The maximum atomic E-state index is 6.25. The van der Waals surface area contributed by atoms with Crippen molar-refractivity contribution in [2.45, 2.75) is 52.5 Å². The second-order valence-corrected chi connectivity index (χ2v) is 6.83. The molecule has 1 aromatic carbocycles. The quantitative estimate of drug-likeness (QED) is 0.334. The third-order valence-electron chi connectivity index (χ3n) is 3.60. The summed E-state index contributed by atoms with van der Waals surface area (Å²) in [4.78, 5) is 7.72. The number of guanidine groups is 2. The Morgan fingerprint density at radius 3 is 2.48 bits per heavy atom. The molecule has 0 atom stereocenters. The van der Waals surface area contributed by atoms with E-state index in [9.17, 15) is 0 Å². The van der Waals surface area contributed by atoms with Crippen molar-refractivity contribution >= 4 is 23.5 Å². The smallest absolute Gasteiger partial charge is 0.218 e. The summed E-state index contributed by atoms with van der Waals surface area (Å²) in [5, 5.41) is 0.563. The fourth-order valence-electron chi connectivity index (χ4n) is 2.29. The van der Waals surface area contributed by atoms with Crippen molar-refractivity contribution in [2.24, 2.45) is 33.1 Å². The number of benzene rings is 1. The molecule has 1 rings (SSSR count). The van der Waals surface area contributed by atoms with E-state index in [0.29, 0.717) is 23.9 Å². The minimum Gasteiger partial charge on any atom is -0.492 e. The van der Waals surface area contributed by atoms with Gasteiger partial charge in [0.15, 0.2) is 5.96 Å². The fourth-order valence-corrected chi connectivity index (χ4v) is 2.55. The molecule has 0 unspecified atom stereocenters. The average Bonchev–Trinajstić information content (AvgIpc) is 2.52. The normalized spacial score (nSPS) is 11.6. The van der Waals surface area contributed by atoms with Gasteiger partial charge in [0.2, 0.25) is 5.96 Å². The van der Waals surface area contributed by atoms with Crippen LogP contribution in [0.2, 0.25) is 5.02 Å². The third kappa shape index (κ3) is 9.82. The maximum Gasteiger partial charge on any atom is 0.218 e. The van der Waals surface area contributed by atoms with Crippen LogP contribution in [0.15, 0.2) is 28.2 Å². The van der Waals surface area contributed by atoms with E-state index in [0.717, 1.165) is 17.9 Å². The summed E-state index contributed by atoms with van der Waals surface area (Å²) in [5.41, 5.74) is 16.9. The van der Waals surface area contributed by atoms with E-state index in [4.69, 9.17) is 33.5 Å². The lowest BCUT2D eigenvalue weighted by Gasteiger charge is -2.09. The first-order valence-electron chi connectivity index (χ1n) is 8.69. The topological polar surface area (TPSA) is 112 Å². The molecular formula is C18H30ClN5O. The van der Waals surface area contributed by atoms with Gasteiger partial charge in [0.05, 0.1) is 18.2 Å². The molecule has 0 aromatic heterocycles. The molecule has 25 heavy (non-hydrogen) atoms. The van der Waals surface area contributed by atoms with Crippen LogP contribution in [0.25, 0.3) is 0 Å². The van der Waals surface area contributed by atoms with Crippen LogP contribution in [0.5, 0.6) is 5.75 Å². The Kier molecular flexibility index (Phi) is 9.77. The van der Waals surface area contributed by atoms with Gasteiger partial charge in [-0.1, -0.05) is 57.2 Å². The number of halogens is 1. The Labute approximate surface area is 155 Å². The van der Waals surface area contributed by atoms with Crippen LogP contribution in [0.3, 0.4) is 0 Å². The van der Waals surface area contributed by atoms with Gasteiger partial charge in [-0.25, -0.2) is 4.99 Å². The van der Waals surface area contributed by atoms with Gasteiger partial charge in [-0.3, -0.25) is 0 Å². The van der Waals surface area contributed by atoms with Crippen molar-refractivity contribution in [3.8, 4) is 5.75 Å². The monoisotopic (exact) mass is 367 g/mol. The van der Waals surface area contributed by atoms with Crippen molar-refractivity contribution in [3.05, 3.63) is 28.8 Å². The maximum absolute atomic E-state index is 6.25. The molecule has 0 amide bonds. The van der Waals surface area contributed by atoms with Crippen LogP contribution >= 0.6 is 11.6 Å². The van der Waals surface area contributed by atoms with E-state index in [1.807, 2.05) is 18.2 Å². The number of unbranched alkanes of at least 4 members (excludes halogenated alkanes) is 3. The van der Waals surface area contributed by atoms with Gasteiger partial charge in [-0.05, 0) is 30.0 Å². The number of aliphatic imine (C=N–C) groups is 2. The predicted molar refractivity (Wildman–Crippen MR) is 106 cm³/mol. The Morgan fingerprint density at radius 1 is 1.12 bits per heavy atom. The van der Waals surface area contributed by atoms with Gasteiger partial charge in [-0.2, -0.15) is 4.99 Å². The molecule has 1 aromatic rings. The van der Waals surface area contributed by atoms with Crippen molar-refractivity contribution in [3.63, 3.8) is 0 Å². The highest BCUT2D eigenvalue weighted by molar-refractivity contribution is 6.32. The Balaban J connectivity index is 2.37. The summed E-state index contributed by atoms with van der Waals surface area (Å²) < 4.78 is 5.75. The van der Waals surface area contributed by atoms with Crippen LogP contribution in [0, 0.1) is 5.92 Å². The van der Waals surface area contributed by atoms with Gasteiger partial charge in [0.25, 0.3) is 0 Å². The van der Waals surface area contributed by atoms with E-state index in [2.05, 4.69) is 23.8 Å². The van der Waals surface area contributed by atoms with E-state index in [1.165, 1.54) is 25.7 Å². The SMILES string of the molecule is CC(C)CCCCCCOc1ccc(CN=C(N)N=C(N)N)cc1Cl. The zero-order valence-electron chi connectivity index (χ0n) is 15.2. The van der Waals surface area contributed by atoms with Crippen LogP contribution in [-0.4, -0.2) is 18.5 Å². The number of ether oxygens (including phenoxy) is 1. The largest absolute Gasteiger partial charge is 0.492 e. The van der Waals surface area contributed by atoms with Gasteiger partial charge in [-0.15, -0.1) is 0 Å². The number of nitrogens with two attached hydrogens (primary N) is 3. The first kappa shape index (κ1) is 21.1. The third-order valence-corrected chi connectivity index (χ3v) is 3.89. The molecule has 0 aliphatic rings. The van der Waals surface area contributed by atoms with Gasteiger partial charge in [0, 0.05) is 0 Å². The molecule has 6 N–H and O–H groups in total. The van der Waals surface area contributed by atoms with Crippen LogP contribution < -0.4 is 21.9 Å². The second-order valence-electron chi connectivity index (χ2n) is 6.42. The van der Waals surface area contributed by atoms with Crippen LogP contribution in [0.4, 0.5) is 0 Å². The zero-order valence-corrected chi connectivity index (χ0v) is 15.9. The van der Waals surface area contributed by atoms with Gasteiger partial charge >= 0.3 is 0 Å². The molecule has 6 nitrogen and oxygen atoms in total.